The van der Waals surface area contributed by atoms with Gasteiger partial charge in [0.15, 0.2) is 0 Å². The first-order chi connectivity index (χ1) is 7.27. The highest BCUT2D eigenvalue weighted by Crippen LogP contribution is 2.08. The molecular formula is C10H16N4O. The van der Waals surface area contributed by atoms with Crippen molar-refractivity contribution >= 4 is 5.91 Å². The van der Waals surface area contributed by atoms with Gasteiger partial charge in [0, 0.05) is 24.3 Å². The van der Waals surface area contributed by atoms with Crippen molar-refractivity contribution in [1.82, 2.24) is 20.8 Å². The molecule has 2 heterocycles. The fourth-order valence-corrected chi connectivity index (χ4v) is 1.76. The number of nitrogens with one attached hydrogen (secondary N) is 3. The number of aromatic nitrogens is 2. The molecule has 5 heteroatoms. The number of hydrogen-bond acceptors (Lipinski definition) is 3. The lowest BCUT2D eigenvalue weighted by atomic mass is 10.1. The maximum atomic E-state index is 11.7. The van der Waals surface area contributed by atoms with Crippen LogP contribution in [-0.2, 0) is 11.3 Å². The summed E-state index contributed by atoms with van der Waals surface area (Å²) in [5, 5.41) is 12.9. The molecule has 1 atom stereocenters. The van der Waals surface area contributed by atoms with E-state index in [0.29, 0.717) is 6.54 Å². The first kappa shape index (κ1) is 10.2. The zero-order valence-electron chi connectivity index (χ0n) is 8.84. The Labute approximate surface area is 88.6 Å². The average Bonchev–Trinajstić information content (AvgIpc) is 2.85. The normalized spacial score (nSPS) is 20.5. The van der Waals surface area contributed by atoms with Gasteiger partial charge < -0.3 is 10.6 Å². The van der Waals surface area contributed by atoms with Crippen molar-refractivity contribution in [2.75, 3.05) is 13.1 Å². The van der Waals surface area contributed by atoms with Gasteiger partial charge in [0.25, 0.3) is 0 Å². The predicted octanol–water partition coefficient (Wildman–Crippen LogP) is -0.0562. The second kappa shape index (κ2) is 4.44. The zero-order valence-corrected chi connectivity index (χ0v) is 8.84. The van der Waals surface area contributed by atoms with Gasteiger partial charge in [-0.2, -0.15) is 5.10 Å². The fourth-order valence-electron chi connectivity index (χ4n) is 1.76. The number of aromatic amines is 1. The summed E-state index contributed by atoms with van der Waals surface area (Å²) < 4.78 is 0. The molecular weight excluding hydrogens is 192 g/mol. The molecule has 82 valence electrons. The van der Waals surface area contributed by atoms with E-state index in [-0.39, 0.29) is 11.8 Å². The van der Waals surface area contributed by atoms with Crippen molar-refractivity contribution < 1.29 is 4.79 Å². The van der Waals surface area contributed by atoms with E-state index in [0.717, 1.165) is 30.8 Å². The van der Waals surface area contributed by atoms with Crippen molar-refractivity contribution in [3.8, 4) is 0 Å². The summed E-state index contributed by atoms with van der Waals surface area (Å²) in [5.41, 5.74) is 2.06. The van der Waals surface area contributed by atoms with Crippen molar-refractivity contribution in [2.45, 2.75) is 19.9 Å². The van der Waals surface area contributed by atoms with E-state index >= 15 is 0 Å². The molecule has 3 N–H and O–H groups in total. The van der Waals surface area contributed by atoms with Crippen LogP contribution in [0.2, 0.25) is 0 Å². The largest absolute Gasteiger partial charge is 0.352 e. The lowest BCUT2D eigenvalue weighted by Crippen LogP contribution is -2.31. The van der Waals surface area contributed by atoms with Crippen LogP contribution >= 0.6 is 0 Å². The van der Waals surface area contributed by atoms with E-state index in [1.807, 2.05) is 6.92 Å². The third-order valence-corrected chi connectivity index (χ3v) is 2.82. The Morgan fingerprint density at radius 2 is 2.60 bits per heavy atom. The third kappa shape index (κ3) is 2.36. The zero-order chi connectivity index (χ0) is 10.7. The van der Waals surface area contributed by atoms with E-state index in [9.17, 15) is 4.79 Å². The first-order valence-electron chi connectivity index (χ1n) is 5.24. The number of carbonyl (C=O) groups excluding carboxylic acids is 1. The minimum absolute atomic E-state index is 0.136. The molecule has 1 aliphatic heterocycles. The molecule has 1 unspecified atom stereocenters. The molecule has 0 aliphatic carbocycles. The molecule has 0 radical (unpaired) electrons. The molecule has 0 saturated carbocycles. The minimum Gasteiger partial charge on any atom is -0.352 e. The van der Waals surface area contributed by atoms with E-state index in [1.54, 1.807) is 6.20 Å². The van der Waals surface area contributed by atoms with Crippen molar-refractivity contribution in [3.63, 3.8) is 0 Å². The molecule has 0 spiro atoms. The van der Waals surface area contributed by atoms with Crippen LogP contribution < -0.4 is 10.6 Å². The third-order valence-electron chi connectivity index (χ3n) is 2.82. The van der Waals surface area contributed by atoms with Gasteiger partial charge in [-0.15, -0.1) is 0 Å². The Kier molecular flexibility index (Phi) is 3.01. The maximum Gasteiger partial charge on any atom is 0.224 e. The van der Waals surface area contributed by atoms with Crippen molar-refractivity contribution in [1.29, 1.82) is 0 Å². The Morgan fingerprint density at radius 3 is 3.20 bits per heavy atom. The van der Waals surface area contributed by atoms with Crippen LogP contribution in [0.25, 0.3) is 0 Å². The molecule has 1 aliphatic rings. The fraction of sp³-hybridized carbons (Fsp3) is 0.600. The topological polar surface area (TPSA) is 69.8 Å². The SMILES string of the molecule is Cc1[nH]ncc1CNC(=O)C1CCNC1. The number of H-pyrrole nitrogens is 1. The summed E-state index contributed by atoms with van der Waals surface area (Å²) >= 11 is 0. The van der Waals surface area contributed by atoms with E-state index in [2.05, 4.69) is 20.8 Å². The second-order valence-corrected chi connectivity index (χ2v) is 3.93. The van der Waals surface area contributed by atoms with Gasteiger partial charge in [-0.05, 0) is 19.9 Å². The van der Waals surface area contributed by atoms with E-state index in [1.165, 1.54) is 0 Å². The summed E-state index contributed by atoms with van der Waals surface area (Å²) in [6, 6.07) is 0. The minimum atomic E-state index is 0.136. The Bertz CT molecular complexity index is 341. The van der Waals surface area contributed by atoms with Gasteiger partial charge in [-0.3, -0.25) is 9.89 Å². The van der Waals surface area contributed by atoms with E-state index < -0.39 is 0 Å². The Morgan fingerprint density at radius 1 is 1.73 bits per heavy atom. The molecule has 1 aromatic heterocycles. The highest BCUT2D eigenvalue weighted by Gasteiger charge is 2.21. The highest BCUT2D eigenvalue weighted by molar-refractivity contribution is 5.79. The van der Waals surface area contributed by atoms with Crippen LogP contribution in [0.3, 0.4) is 0 Å². The summed E-state index contributed by atoms with van der Waals surface area (Å²) in [4.78, 5) is 11.7. The van der Waals surface area contributed by atoms with Crippen LogP contribution in [0, 0.1) is 12.8 Å². The number of hydrogen-bond donors (Lipinski definition) is 3. The highest BCUT2D eigenvalue weighted by atomic mass is 16.1. The smallest absolute Gasteiger partial charge is 0.224 e. The molecule has 2 rings (SSSR count). The average molecular weight is 208 g/mol. The van der Waals surface area contributed by atoms with Crippen molar-refractivity contribution in [2.24, 2.45) is 5.92 Å². The quantitative estimate of drug-likeness (QED) is 0.652. The number of rotatable bonds is 3. The van der Waals surface area contributed by atoms with Gasteiger partial charge in [0.1, 0.15) is 0 Å². The van der Waals surface area contributed by atoms with Crippen LogP contribution in [0.5, 0.6) is 0 Å². The molecule has 0 bridgehead atoms. The van der Waals surface area contributed by atoms with Crippen LogP contribution in [0.1, 0.15) is 17.7 Å². The predicted molar refractivity (Wildman–Crippen MR) is 56.1 cm³/mol. The van der Waals surface area contributed by atoms with Crippen LogP contribution in [-0.4, -0.2) is 29.2 Å². The van der Waals surface area contributed by atoms with Gasteiger partial charge in [-0.25, -0.2) is 0 Å². The van der Waals surface area contributed by atoms with Crippen LogP contribution in [0.4, 0.5) is 0 Å². The summed E-state index contributed by atoms with van der Waals surface area (Å²) in [6.07, 6.45) is 2.69. The molecule has 1 fully saturated rings. The number of carbonyl (C=O) groups is 1. The standard InChI is InChI=1S/C10H16N4O/c1-7-9(6-13-14-7)5-12-10(15)8-2-3-11-4-8/h6,8,11H,2-5H2,1H3,(H,12,15)(H,13,14). The molecule has 15 heavy (non-hydrogen) atoms. The van der Waals surface area contributed by atoms with Gasteiger partial charge in [0.2, 0.25) is 5.91 Å². The second-order valence-electron chi connectivity index (χ2n) is 3.93. The summed E-state index contributed by atoms with van der Waals surface area (Å²) in [5.74, 6) is 0.276. The Hall–Kier alpha value is -1.36. The van der Waals surface area contributed by atoms with Crippen molar-refractivity contribution in [3.05, 3.63) is 17.5 Å². The number of amides is 1. The molecule has 1 aromatic rings. The summed E-state index contributed by atoms with van der Waals surface area (Å²) in [6.45, 7) is 4.27. The molecule has 5 nitrogen and oxygen atoms in total. The molecule has 1 amide bonds. The monoisotopic (exact) mass is 208 g/mol. The molecule has 0 aromatic carbocycles. The van der Waals surface area contributed by atoms with Gasteiger partial charge in [0.05, 0.1) is 12.1 Å². The van der Waals surface area contributed by atoms with E-state index in [4.69, 9.17) is 0 Å². The van der Waals surface area contributed by atoms with Gasteiger partial charge >= 0.3 is 0 Å². The van der Waals surface area contributed by atoms with Crippen LogP contribution in [0.15, 0.2) is 6.20 Å². The summed E-state index contributed by atoms with van der Waals surface area (Å²) in [7, 11) is 0. The number of aryl methyl sites for hydroxylation is 1. The van der Waals surface area contributed by atoms with Gasteiger partial charge in [-0.1, -0.05) is 0 Å². The molecule has 1 saturated heterocycles. The lowest BCUT2D eigenvalue weighted by Gasteiger charge is -2.08. The Balaban J connectivity index is 1.83. The lowest BCUT2D eigenvalue weighted by molar-refractivity contribution is -0.124. The number of nitrogens with zero attached hydrogens (tertiary/aromatic N) is 1. The first-order valence-corrected chi connectivity index (χ1v) is 5.24. The maximum absolute atomic E-state index is 11.7.